The smallest absolute Gasteiger partial charge is 0.169 e. The number of pyridine rings is 1. The van der Waals surface area contributed by atoms with Crippen molar-refractivity contribution < 1.29 is 4.39 Å². The van der Waals surface area contributed by atoms with Crippen LogP contribution in [0, 0.1) is 5.82 Å². The lowest BCUT2D eigenvalue weighted by Gasteiger charge is -2.22. The van der Waals surface area contributed by atoms with Crippen molar-refractivity contribution in [1.29, 1.82) is 0 Å². The van der Waals surface area contributed by atoms with Gasteiger partial charge in [-0.3, -0.25) is 0 Å². The van der Waals surface area contributed by atoms with Crippen molar-refractivity contribution in [1.82, 2.24) is 10.3 Å². The summed E-state index contributed by atoms with van der Waals surface area (Å²) < 4.78 is 14.1. The first-order chi connectivity index (χ1) is 7.79. The molecule has 0 amide bonds. The van der Waals surface area contributed by atoms with Gasteiger partial charge in [-0.2, -0.15) is 0 Å². The Morgan fingerprint density at radius 1 is 1.35 bits per heavy atom. The molecule has 17 heavy (non-hydrogen) atoms. The van der Waals surface area contributed by atoms with Crippen LogP contribution in [0.2, 0.25) is 0 Å². The SMILES string of the molecule is CC(C)NCc1ccnc(NC(C)(C)C)c1F. The Morgan fingerprint density at radius 2 is 2.00 bits per heavy atom. The molecule has 0 spiro atoms. The molecule has 0 atom stereocenters. The summed E-state index contributed by atoms with van der Waals surface area (Å²) in [6.07, 6.45) is 1.63. The maximum absolute atomic E-state index is 14.1. The zero-order chi connectivity index (χ0) is 13.1. The molecule has 0 saturated carbocycles. The molecule has 96 valence electrons. The minimum atomic E-state index is -0.268. The van der Waals surface area contributed by atoms with Crippen LogP contribution >= 0.6 is 0 Å². The van der Waals surface area contributed by atoms with Crippen LogP contribution in [-0.4, -0.2) is 16.6 Å². The molecule has 1 aromatic rings. The van der Waals surface area contributed by atoms with Gasteiger partial charge in [-0.25, -0.2) is 9.37 Å². The van der Waals surface area contributed by atoms with Gasteiger partial charge in [-0.1, -0.05) is 13.8 Å². The molecule has 1 rings (SSSR count). The van der Waals surface area contributed by atoms with Crippen molar-refractivity contribution in [2.45, 2.75) is 52.7 Å². The van der Waals surface area contributed by atoms with Crippen LogP contribution in [0.15, 0.2) is 12.3 Å². The predicted molar refractivity (Wildman–Crippen MR) is 69.5 cm³/mol. The summed E-state index contributed by atoms with van der Waals surface area (Å²) in [5, 5.41) is 6.26. The van der Waals surface area contributed by atoms with Crippen molar-refractivity contribution in [3.63, 3.8) is 0 Å². The summed E-state index contributed by atoms with van der Waals surface area (Å²) in [5.41, 5.74) is 0.443. The summed E-state index contributed by atoms with van der Waals surface area (Å²) in [5.74, 6) is 0.0520. The van der Waals surface area contributed by atoms with Crippen LogP contribution in [0.5, 0.6) is 0 Å². The van der Waals surface area contributed by atoms with Gasteiger partial charge < -0.3 is 10.6 Å². The second-order valence-electron chi connectivity index (χ2n) is 5.54. The number of aromatic nitrogens is 1. The molecule has 3 nitrogen and oxygen atoms in total. The van der Waals surface area contributed by atoms with E-state index in [1.807, 2.05) is 34.6 Å². The van der Waals surface area contributed by atoms with E-state index in [0.717, 1.165) is 0 Å². The number of hydrogen-bond donors (Lipinski definition) is 2. The van der Waals surface area contributed by atoms with Gasteiger partial charge in [0.15, 0.2) is 11.6 Å². The number of nitrogens with one attached hydrogen (secondary N) is 2. The lowest BCUT2D eigenvalue weighted by Crippen LogP contribution is -2.28. The number of halogens is 1. The standard InChI is InChI=1S/C13H22FN3/c1-9(2)16-8-10-6-7-15-12(11(10)14)17-13(3,4)5/h6-7,9,16H,8H2,1-5H3,(H,15,17). The Balaban J connectivity index is 2.84. The summed E-state index contributed by atoms with van der Waals surface area (Å²) >= 11 is 0. The highest BCUT2D eigenvalue weighted by Gasteiger charge is 2.15. The third-order valence-electron chi connectivity index (χ3n) is 2.16. The molecule has 0 radical (unpaired) electrons. The monoisotopic (exact) mass is 239 g/mol. The van der Waals surface area contributed by atoms with Gasteiger partial charge in [0.25, 0.3) is 0 Å². The van der Waals surface area contributed by atoms with Gasteiger partial charge in [0.2, 0.25) is 0 Å². The normalized spacial score (nSPS) is 11.9. The molecule has 0 aliphatic heterocycles. The number of nitrogens with zero attached hydrogens (tertiary/aromatic N) is 1. The first-order valence-electron chi connectivity index (χ1n) is 5.94. The third-order valence-corrected chi connectivity index (χ3v) is 2.16. The van der Waals surface area contributed by atoms with Crippen LogP contribution < -0.4 is 10.6 Å². The fraction of sp³-hybridized carbons (Fsp3) is 0.615. The number of hydrogen-bond acceptors (Lipinski definition) is 3. The summed E-state index contributed by atoms with van der Waals surface area (Å²) in [6.45, 7) is 10.5. The van der Waals surface area contributed by atoms with E-state index in [9.17, 15) is 4.39 Å². The van der Waals surface area contributed by atoms with E-state index in [-0.39, 0.29) is 11.4 Å². The molecular weight excluding hydrogens is 217 g/mol. The van der Waals surface area contributed by atoms with Gasteiger partial charge >= 0.3 is 0 Å². The topological polar surface area (TPSA) is 37.0 Å². The summed E-state index contributed by atoms with van der Waals surface area (Å²) in [7, 11) is 0. The molecule has 0 aromatic carbocycles. The van der Waals surface area contributed by atoms with Crippen LogP contribution in [0.3, 0.4) is 0 Å². The van der Waals surface area contributed by atoms with Crippen molar-refractivity contribution in [2.75, 3.05) is 5.32 Å². The molecule has 1 aromatic heterocycles. The van der Waals surface area contributed by atoms with E-state index < -0.39 is 0 Å². The van der Waals surface area contributed by atoms with Crippen molar-refractivity contribution in [3.05, 3.63) is 23.6 Å². The average Bonchev–Trinajstić information content (AvgIpc) is 2.17. The largest absolute Gasteiger partial charge is 0.363 e. The minimum absolute atomic E-state index is 0.196. The van der Waals surface area contributed by atoms with E-state index in [1.54, 1.807) is 12.3 Å². The Labute approximate surface area is 103 Å². The second kappa shape index (κ2) is 5.45. The first kappa shape index (κ1) is 13.9. The summed E-state index contributed by atoms with van der Waals surface area (Å²) in [6, 6.07) is 2.04. The third kappa shape index (κ3) is 4.69. The minimum Gasteiger partial charge on any atom is -0.363 e. The van der Waals surface area contributed by atoms with Crippen molar-refractivity contribution in [3.8, 4) is 0 Å². The molecule has 1 heterocycles. The Hall–Kier alpha value is -1.16. The molecule has 0 bridgehead atoms. The van der Waals surface area contributed by atoms with Gasteiger partial charge in [0.1, 0.15) is 0 Å². The van der Waals surface area contributed by atoms with Gasteiger partial charge in [0, 0.05) is 29.9 Å². The highest BCUT2D eigenvalue weighted by Crippen LogP contribution is 2.18. The Morgan fingerprint density at radius 3 is 2.53 bits per heavy atom. The fourth-order valence-electron chi connectivity index (χ4n) is 1.38. The van der Waals surface area contributed by atoms with E-state index in [1.165, 1.54) is 0 Å². The van der Waals surface area contributed by atoms with Crippen molar-refractivity contribution >= 4 is 5.82 Å². The quantitative estimate of drug-likeness (QED) is 0.848. The molecule has 0 saturated heterocycles. The highest BCUT2D eigenvalue weighted by atomic mass is 19.1. The first-order valence-corrected chi connectivity index (χ1v) is 5.94. The molecular formula is C13H22FN3. The fourth-order valence-corrected chi connectivity index (χ4v) is 1.38. The van der Waals surface area contributed by atoms with Crippen LogP contribution in [0.1, 0.15) is 40.2 Å². The zero-order valence-electron chi connectivity index (χ0n) is 11.3. The number of rotatable bonds is 4. The molecule has 0 aliphatic rings. The summed E-state index contributed by atoms with van der Waals surface area (Å²) in [4.78, 5) is 4.04. The average molecular weight is 239 g/mol. The maximum Gasteiger partial charge on any atom is 0.169 e. The second-order valence-corrected chi connectivity index (χ2v) is 5.54. The molecule has 0 fully saturated rings. The Kier molecular flexibility index (Phi) is 4.46. The molecule has 4 heteroatoms. The van der Waals surface area contributed by atoms with E-state index in [4.69, 9.17) is 0 Å². The van der Waals surface area contributed by atoms with Gasteiger partial charge in [-0.05, 0) is 26.8 Å². The van der Waals surface area contributed by atoms with Gasteiger partial charge in [-0.15, -0.1) is 0 Å². The highest BCUT2D eigenvalue weighted by molar-refractivity contribution is 5.41. The Bertz CT molecular complexity index is 369. The van der Waals surface area contributed by atoms with Gasteiger partial charge in [0.05, 0.1) is 0 Å². The molecule has 2 N–H and O–H groups in total. The maximum atomic E-state index is 14.1. The lowest BCUT2D eigenvalue weighted by atomic mass is 10.1. The van der Waals surface area contributed by atoms with E-state index in [0.29, 0.717) is 24.0 Å². The predicted octanol–water partition coefficient (Wildman–Crippen LogP) is 2.93. The van der Waals surface area contributed by atoms with Crippen molar-refractivity contribution in [2.24, 2.45) is 0 Å². The van der Waals surface area contributed by atoms with Crippen LogP contribution in [0.25, 0.3) is 0 Å². The lowest BCUT2D eigenvalue weighted by molar-refractivity contribution is 0.545. The van der Waals surface area contributed by atoms with E-state index in [2.05, 4.69) is 15.6 Å². The molecule has 0 unspecified atom stereocenters. The number of anilines is 1. The zero-order valence-corrected chi connectivity index (χ0v) is 11.3. The molecule has 0 aliphatic carbocycles. The van der Waals surface area contributed by atoms with Crippen LogP contribution in [-0.2, 0) is 6.54 Å². The van der Waals surface area contributed by atoms with Crippen LogP contribution in [0.4, 0.5) is 10.2 Å². The van der Waals surface area contributed by atoms with E-state index >= 15 is 0 Å².